The predicted molar refractivity (Wildman–Crippen MR) is 92.8 cm³/mol. The van der Waals surface area contributed by atoms with Gasteiger partial charge in [0.15, 0.2) is 0 Å². The number of amides is 1. The first-order valence-corrected chi connectivity index (χ1v) is 8.87. The topological polar surface area (TPSA) is 59.6 Å². The summed E-state index contributed by atoms with van der Waals surface area (Å²) in [7, 11) is 0. The molecule has 2 aliphatic rings. The van der Waals surface area contributed by atoms with Gasteiger partial charge in [-0.25, -0.2) is 4.79 Å². The average Bonchev–Trinajstić information content (AvgIpc) is 2.51. The lowest BCUT2D eigenvalue weighted by molar-refractivity contribution is -0.0656. The lowest BCUT2D eigenvalue weighted by Gasteiger charge is -2.42. The lowest BCUT2D eigenvalue weighted by atomic mass is 9.84. The second kappa shape index (κ2) is 7.53. The fourth-order valence-electron chi connectivity index (χ4n) is 3.51. The summed E-state index contributed by atoms with van der Waals surface area (Å²) in [6.45, 7) is 5.44. The molecule has 3 rings (SSSR count). The van der Waals surface area contributed by atoms with Crippen molar-refractivity contribution in [2.75, 3.05) is 6.61 Å². The maximum Gasteiger partial charge on any atom is 0.407 e. The minimum absolute atomic E-state index is 0.0292. The van der Waals surface area contributed by atoms with Crippen molar-refractivity contribution in [3.63, 3.8) is 0 Å². The van der Waals surface area contributed by atoms with Gasteiger partial charge in [0.25, 0.3) is 0 Å². The Morgan fingerprint density at radius 2 is 1.96 bits per heavy atom. The minimum Gasteiger partial charge on any atom is -0.445 e. The van der Waals surface area contributed by atoms with Gasteiger partial charge in [-0.15, -0.1) is 0 Å². The maximum atomic E-state index is 11.8. The second-order valence-corrected chi connectivity index (χ2v) is 7.54. The normalized spacial score (nSPS) is 28.7. The highest BCUT2D eigenvalue weighted by atomic mass is 16.5. The largest absolute Gasteiger partial charge is 0.445 e. The first-order valence-electron chi connectivity index (χ1n) is 8.87. The van der Waals surface area contributed by atoms with Gasteiger partial charge >= 0.3 is 6.09 Å². The molecule has 2 N–H and O–H groups in total. The Morgan fingerprint density at radius 1 is 1.21 bits per heavy atom. The van der Waals surface area contributed by atoms with Crippen LogP contribution >= 0.6 is 0 Å². The van der Waals surface area contributed by atoms with Crippen molar-refractivity contribution in [3.05, 3.63) is 35.9 Å². The molecule has 1 aromatic rings. The molecule has 1 aromatic carbocycles. The van der Waals surface area contributed by atoms with Crippen molar-refractivity contribution in [1.29, 1.82) is 0 Å². The number of nitrogens with one attached hydrogen (secondary N) is 2. The quantitative estimate of drug-likeness (QED) is 0.870. The molecule has 0 spiro atoms. The van der Waals surface area contributed by atoms with Gasteiger partial charge in [0, 0.05) is 24.7 Å². The molecular weight excluding hydrogens is 304 g/mol. The second-order valence-electron chi connectivity index (χ2n) is 7.54. The van der Waals surface area contributed by atoms with E-state index in [0.29, 0.717) is 18.7 Å². The number of carbonyl (C=O) groups is 1. The molecule has 1 aliphatic carbocycles. The highest BCUT2D eigenvalue weighted by molar-refractivity contribution is 5.67. The van der Waals surface area contributed by atoms with Crippen LogP contribution in [0.15, 0.2) is 30.3 Å². The molecule has 1 heterocycles. The summed E-state index contributed by atoms with van der Waals surface area (Å²) in [6, 6.07) is 11.0. The molecule has 0 radical (unpaired) electrons. The van der Waals surface area contributed by atoms with E-state index in [-0.39, 0.29) is 17.7 Å². The van der Waals surface area contributed by atoms with Gasteiger partial charge in [-0.3, -0.25) is 0 Å². The van der Waals surface area contributed by atoms with E-state index in [1.54, 1.807) is 0 Å². The zero-order chi connectivity index (χ0) is 17.0. The van der Waals surface area contributed by atoms with E-state index >= 15 is 0 Å². The lowest BCUT2D eigenvalue weighted by Crippen LogP contribution is -2.56. The fraction of sp³-hybridized carbons (Fsp3) is 0.632. The summed E-state index contributed by atoms with van der Waals surface area (Å²) in [4.78, 5) is 11.8. The molecule has 0 aromatic heterocycles. The van der Waals surface area contributed by atoms with Crippen molar-refractivity contribution in [2.45, 2.75) is 69.9 Å². The molecule has 1 aliphatic heterocycles. The van der Waals surface area contributed by atoms with E-state index in [1.807, 2.05) is 30.3 Å². The van der Waals surface area contributed by atoms with Crippen molar-refractivity contribution in [1.82, 2.24) is 10.6 Å². The first-order chi connectivity index (χ1) is 11.5. The molecule has 132 valence electrons. The van der Waals surface area contributed by atoms with E-state index in [9.17, 15) is 4.79 Å². The molecule has 0 bridgehead atoms. The summed E-state index contributed by atoms with van der Waals surface area (Å²) in [5.74, 6) is 0. The zero-order valence-corrected chi connectivity index (χ0v) is 14.6. The number of hydrogen-bond donors (Lipinski definition) is 2. The molecule has 2 fully saturated rings. The third-order valence-corrected chi connectivity index (χ3v) is 4.84. The Bertz CT molecular complexity index is 541. The fourth-order valence-corrected chi connectivity index (χ4v) is 3.51. The number of benzene rings is 1. The third-order valence-electron chi connectivity index (χ3n) is 4.84. The van der Waals surface area contributed by atoms with Crippen LogP contribution in [0, 0.1) is 0 Å². The van der Waals surface area contributed by atoms with Crippen LogP contribution < -0.4 is 10.6 Å². The zero-order valence-electron chi connectivity index (χ0n) is 14.6. The van der Waals surface area contributed by atoms with Crippen LogP contribution in [0.4, 0.5) is 4.79 Å². The van der Waals surface area contributed by atoms with Gasteiger partial charge in [0.2, 0.25) is 0 Å². The van der Waals surface area contributed by atoms with Gasteiger partial charge in [-0.2, -0.15) is 0 Å². The molecule has 1 saturated carbocycles. The molecule has 1 amide bonds. The van der Waals surface area contributed by atoms with E-state index in [2.05, 4.69) is 24.5 Å². The van der Waals surface area contributed by atoms with Gasteiger partial charge in [0.1, 0.15) is 6.61 Å². The third kappa shape index (κ3) is 4.95. The minimum atomic E-state index is -0.325. The number of carbonyl (C=O) groups excluding carboxylic acids is 1. The monoisotopic (exact) mass is 332 g/mol. The molecular formula is C19H28N2O3. The number of ether oxygens (including phenoxy) is 2. The van der Waals surface area contributed by atoms with Crippen LogP contribution in [0.5, 0.6) is 0 Å². The predicted octanol–water partition coefficient (Wildman–Crippen LogP) is 2.99. The Morgan fingerprint density at radius 3 is 2.67 bits per heavy atom. The maximum absolute atomic E-state index is 11.8. The van der Waals surface area contributed by atoms with E-state index in [4.69, 9.17) is 9.47 Å². The van der Waals surface area contributed by atoms with E-state index < -0.39 is 0 Å². The van der Waals surface area contributed by atoms with Crippen LogP contribution in [-0.2, 0) is 16.1 Å². The van der Waals surface area contributed by atoms with Crippen molar-refractivity contribution in [2.24, 2.45) is 0 Å². The molecule has 1 atom stereocenters. The molecule has 1 saturated heterocycles. The summed E-state index contributed by atoms with van der Waals surface area (Å²) < 4.78 is 11.0. The van der Waals surface area contributed by atoms with Crippen LogP contribution in [0.1, 0.15) is 45.1 Å². The summed E-state index contributed by atoms with van der Waals surface area (Å²) >= 11 is 0. The van der Waals surface area contributed by atoms with Crippen molar-refractivity contribution in [3.8, 4) is 0 Å². The summed E-state index contributed by atoms with van der Waals surface area (Å²) in [6.07, 6.45) is 3.73. The Kier molecular flexibility index (Phi) is 5.41. The van der Waals surface area contributed by atoms with Gasteiger partial charge in [-0.05, 0) is 45.1 Å². The van der Waals surface area contributed by atoms with E-state index in [0.717, 1.165) is 37.9 Å². The van der Waals surface area contributed by atoms with Crippen molar-refractivity contribution < 1.29 is 14.3 Å². The van der Waals surface area contributed by atoms with Crippen LogP contribution in [0.3, 0.4) is 0 Å². The van der Waals surface area contributed by atoms with Gasteiger partial charge in [-0.1, -0.05) is 30.3 Å². The van der Waals surface area contributed by atoms with Crippen LogP contribution in [0.2, 0.25) is 0 Å². The first kappa shape index (κ1) is 17.2. The Labute approximate surface area is 144 Å². The molecule has 5 heteroatoms. The van der Waals surface area contributed by atoms with Crippen LogP contribution in [-0.4, -0.2) is 36.4 Å². The summed E-state index contributed by atoms with van der Waals surface area (Å²) in [5.41, 5.74) is 0.974. The van der Waals surface area contributed by atoms with E-state index in [1.165, 1.54) is 0 Å². The van der Waals surface area contributed by atoms with Crippen LogP contribution in [0.25, 0.3) is 0 Å². The smallest absolute Gasteiger partial charge is 0.407 e. The molecule has 1 unspecified atom stereocenters. The molecule has 5 nitrogen and oxygen atoms in total. The number of hydrogen-bond acceptors (Lipinski definition) is 4. The highest BCUT2D eigenvalue weighted by Crippen LogP contribution is 2.27. The Hall–Kier alpha value is -1.59. The average molecular weight is 332 g/mol. The highest BCUT2D eigenvalue weighted by Gasteiger charge is 2.35. The number of alkyl carbamates (subject to hydrolysis) is 1. The Balaban J connectivity index is 1.31. The van der Waals surface area contributed by atoms with Gasteiger partial charge in [0.05, 0.1) is 5.60 Å². The SMILES string of the molecule is CC1(C)CC(NC2CC(NC(=O)OCc3ccccc3)C2)CCO1. The molecule has 24 heavy (non-hydrogen) atoms. The van der Waals surface area contributed by atoms with Gasteiger partial charge < -0.3 is 20.1 Å². The number of rotatable bonds is 5. The van der Waals surface area contributed by atoms with Crippen molar-refractivity contribution >= 4 is 6.09 Å². The standard InChI is InChI=1S/C19H28N2O3/c1-19(2)12-15(8-9-24-19)20-16-10-17(11-16)21-18(22)23-13-14-6-4-3-5-7-14/h3-7,15-17,20H,8-13H2,1-2H3,(H,21,22). The summed E-state index contributed by atoms with van der Waals surface area (Å²) in [5, 5.41) is 6.64.